The molecule has 0 heterocycles. The van der Waals surface area contributed by atoms with Gasteiger partial charge in [0.1, 0.15) is 12.4 Å². The SMILES string of the molecule is CC(=O)CC/C=C(\C)CC/C=C(\C)COC(=O)c1ccccc1. The Morgan fingerprint density at radius 2 is 1.52 bits per heavy atom. The Balaban J connectivity index is 2.29. The van der Waals surface area contributed by atoms with Gasteiger partial charge in [0.15, 0.2) is 0 Å². The molecule has 3 nitrogen and oxygen atoms in total. The molecule has 0 N–H and O–H groups in total. The molecule has 0 saturated carbocycles. The third-order valence-electron chi connectivity index (χ3n) is 3.46. The monoisotopic (exact) mass is 314 g/mol. The predicted molar refractivity (Wildman–Crippen MR) is 93.4 cm³/mol. The highest BCUT2D eigenvalue weighted by molar-refractivity contribution is 5.89. The van der Waals surface area contributed by atoms with E-state index in [1.807, 2.05) is 25.1 Å². The number of hydrogen-bond donors (Lipinski definition) is 0. The summed E-state index contributed by atoms with van der Waals surface area (Å²) in [6.07, 6.45) is 7.53. The Kier molecular flexibility index (Phi) is 8.66. The van der Waals surface area contributed by atoms with Gasteiger partial charge in [-0.25, -0.2) is 4.79 Å². The number of hydrogen-bond acceptors (Lipinski definition) is 3. The summed E-state index contributed by atoms with van der Waals surface area (Å²) in [5.74, 6) is -0.0660. The fraction of sp³-hybridized carbons (Fsp3) is 0.400. The van der Waals surface area contributed by atoms with Crippen molar-refractivity contribution in [2.45, 2.75) is 46.5 Å². The molecule has 0 bridgehead atoms. The standard InChI is InChI=1S/C20H26O3/c1-16(10-8-12-18(3)21)9-7-11-17(2)15-23-20(22)19-13-5-4-6-14-19/h4-6,10-11,13-14H,7-9,12,15H2,1-3H3/b16-10+,17-11+. The molecule has 3 heteroatoms. The van der Waals surface area contributed by atoms with Crippen LogP contribution in [0.25, 0.3) is 0 Å². The third kappa shape index (κ3) is 8.77. The second kappa shape index (κ2) is 10.5. The maximum atomic E-state index is 11.8. The Morgan fingerprint density at radius 1 is 0.913 bits per heavy atom. The van der Waals surface area contributed by atoms with Crippen LogP contribution in [0.2, 0.25) is 0 Å². The molecule has 0 aliphatic carbocycles. The van der Waals surface area contributed by atoms with Crippen LogP contribution in [0.15, 0.2) is 53.6 Å². The minimum Gasteiger partial charge on any atom is -0.458 e. The number of ketones is 1. The van der Waals surface area contributed by atoms with E-state index in [9.17, 15) is 9.59 Å². The normalized spacial score (nSPS) is 12.1. The van der Waals surface area contributed by atoms with Crippen molar-refractivity contribution in [1.82, 2.24) is 0 Å². The first-order valence-electron chi connectivity index (χ1n) is 8.02. The van der Waals surface area contributed by atoms with E-state index in [1.54, 1.807) is 19.1 Å². The molecule has 0 aliphatic heterocycles. The van der Waals surface area contributed by atoms with Gasteiger partial charge in [-0.05, 0) is 57.7 Å². The number of carbonyl (C=O) groups excluding carboxylic acids is 2. The van der Waals surface area contributed by atoms with E-state index in [-0.39, 0.29) is 11.8 Å². The molecule has 0 radical (unpaired) electrons. The van der Waals surface area contributed by atoms with Crippen molar-refractivity contribution in [2.75, 3.05) is 6.61 Å². The first kappa shape index (κ1) is 18.9. The molecule has 23 heavy (non-hydrogen) atoms. The lowest BCUT2D eigenvalue weighted by Crippen LogP contribution is -2.06. The quantitative estimate of drug-likeness (QED) is 0.481. The molecule has 0 aliphatic rings. The third-order valence-corrected chi connectivity index (χ3v) is 3.46. The molecule has 0 atom stereocenters. The summed E-state index contributed by atoms with van der Waals surface area (Å²) < 4.78 is 5.28. The summed E-state index contributed by atoms with van der Waals surface area (Å²) in [6.45, 7) is 5.98. The maximum Gasteiger partial charge on any atom is 0.338 e. The summed E-state index contributed by atoms with van der Waals surface area (Å²) in [7, 11) is 0. The lowest BCUT2D eigenvalue weighted by atomic mass is 10.1. The number of ether oxygens (including phenoxy) is 1. The Labute approximate surface area is 139 Å². The van der Waals surface area contributed by atoms with Crippen molar-refractivity contribution < 1.29 is 14.3 Å². The van der Waals surface area contributed by atoms with E-state index in [0.717, 1.165) is 24.8 Å². The smallest absolute Gasteiger partial charge is 0.338 e. The van der Waals surface area contributed by atoms with Gasteiger partial charge in [-0.2, -0.15) is 0 Å². The second-order valence-electron chi connectivity index (χ2n) is 5.82. The minimum atomic E-state index is -0.293. The van der Waals surface area contributed by atoms with E-state index >= 15 is 0 Å². The molecule has 0 spiro atoms. The van der Waals surface area contributed by atoms with E-state index < -0.39 is 0 Å². The number of allylic oxidation sites excluding steroid dienone is 3. The van der Waals surface area contributed by atoms with Crippen LogP contribution in [0.1, 0.15) is 56.8 Å². The zero-order valence-electron chi connectivity index (χ0n) is 14.3. The van der Waals surface area contributed by atoms with Gasteiger partial charge in [-0.3, -0.25) is 0 Å². The molecule has 1 aromatic carbocycles. The fourth-order valence-corrected chi connectivity index (χ4v) is 2.07. The molecule has 1 aromatic rings. The molecular formula is C20H26O3. The molecule has 124 valence electrons. The minimum absolute atomic E-state index is 0.227. The van der Waals surface area contributed by atoms with Crippen molar-refractivity contribution in [3.8, 4) is 0 Å². The van der Waals surface area contributed by atoms with Gasteiger partial charge < -0.3 is 9.53 Å². The number of rotatable bonds is 9. The van der Waals surface area contributed by atoms with Crippen molar-refractivity contribution in [3.63, 3.8) is 0 Å². The van der Waals surface area contributed by atoms with Gasteiger partial charge in [-0.1, -0.05) is 35.9 Å². The van der Waals surface area contributed by atoms with E-state index in [1.165, 1.54) is 5.57 Å². The van der Waals surface area contributed by atoms with Crippen LogP contribution in [0.3, 0.4) is 0 Å². The average Bonchev–Trinajstić information content (AvgIpc) is 2.53. The Morgan fingerprint density at radius 3 is 2.17 bits per heavy atom. The van der Waals surface area contributed by atoms with Crippen LogP contribution in [-0.2, 0) is 9.53 Å². The van der Waals surface area contributed by atoms with Crippen LogP contribution < -0.4 is 0 Å². The highest BCUT2D eigenvalue weighted by Gasteiger charge is 2.05. The Bertz CT molecular complexity index is 568. The number of esters is 1. The average molecular weight is 314 g/mol. The highest BCUT2D eigenvalue weighted by Crippen LogP contribution is 2.10. The lowest BCUT2D eigenvalue weighted by Gasteiger charge is -2.05. The first-order chi connectivity index (χ1) is 11.0. The van der Waals surface area contributed by atoms with Gasteiger partial charge in [0.2, 0.25) is 0 Å². The van der Waals surface area contributed by atoms with Gasteiger partial charge in [0, 0.05) is 6.42 Å². The molecule has 0 saturated heterocycles. The van der Waals surface area contributed by atoms with Crippen LogP contribution in [0, 0.1) is 0 Å². The fourth-order valence-electron chi connectivity index (χ4n) is 2.07. The summed E-state index contributed by atoms with van der Waals surface area (Å²) in [5.41, 5.74) is 2.91. The topological polar surface area (TPSA) is 43.4 Å². The predicted octanol–water partition coefficient (Wildman–Crippen LogP) is 4.89. The van der Waals surface area contributed by atoms with Crippen LogP contribution in [-0.4, -0.2) is 18.4 Å². The van der Waals surface area contributed by atoms with Gasteiger partial charge in [0.25, 0.3) is 0 Å². The molecule has 0 aromatic heterocycles. The van der Waals surface area contributed by atoms with Crippen molar-refractivity contribution in [1.29, 1.82) is 0 Å². The summed E-state index contributed by atoms with van der Waals surface area (Å²) in [4.78, 5) is 22.7. The van der Waals surface area contributed by atoms with Crippen molar-refractivity contribution in [2.24, 2.45) is 0 Å². The number of Topliss-reactive ketones (excluding diaryl/α,β-unsaturated/α-hetero) is 1. The maximum absolute atomic E-state index is 11.8. The van der Waals surface area contributed by atoms with E-state index in [2.05, 4.69) is 19.1 Å². The largest absolute Gasteiger partial charge is 0.458 e. The summed E-state index contributed by atoms with van der Waals surface area (Å²) in [6, 6.07) is 9.00. The number of benzene rings is 1. The van der Waals surface area contributed by atoms with E-state index in [4.69, 9.17) is 4.74 Å². The van der Waals surface area contributed by atoms with Gasteiger partial charge >= 0.3 is 5.97 Å². The second-order valence-corrected chi connectivity index (χ2v) is 5.82. The lowest BCUT2D eigenvalue weighted by molar-refractivity contribution is -0.116. The zero-order valence-corrected chi connectivity index (χ0v) is 14.3. The summed E-state index contributed by atoms with van der Waals surface area (Å²) >= 11 is 0. The van der Waals surface area contributed by atoms with Crippen LogP contribution in [0.4, 0.5) is 0 Å². The highest BCUT2D eigenvalue weighted by atomic mass is 16.5. The summed E-state index contributed by atoms with van der Waals surface area (Å²) in [5, 5.41) is 0. The number of carbonyl (C=O) groups is 2. The zero-order chi connectivity index (χ0) is 17.1. The molecule has 0 amide bonds. The van der Waals surface area contributed by atoms with Crippen molar-refractivity contribution >= 4 is 11.8 Å². The molecule has 1 rings (SSSR count). The van der Waals surface area contributed by atoms with Crippen molar-refractivity contribution in [3.05, 3.63) is 59.2 Å². The van der Waals surface area contributed by atoms with E-state index in [0.29, 0.717) is 18.6 Å². The molecular weight excluding hydrogens is 288 g/mol. The Hall–Kier alpha value is -2.16. The van der Waals surface area contributed by atoms with Gasteiger partial charge in [0.05, 0.1) is 5.56 Å². The molecule has 0 fully saturated rings. The van der Waals surface area contributed by atoms with Crippen LogP contribution >= 0.6 is 0 Å². The molecule has 0 unspecified atom stereocenters. The van der Waals surface area contributed by atoms with Gasteiger partial charge in [-0.15, -0.1) is 0 Å². The first-order valence-corrected chi connectivity index (χ1v) is 8.02. The van der Waals surface area contributed by atoms with Crippen LogP contribution in [0.5, 0.6) is 0 Å².